The average molecular weight is 382 g/mol. The molecule has 0 spiro atoms. The van der Waals surface area contributed by atoms with Gasteiger partial charge in [-0.1, -0.05) is 19.1 Å². The molecular weight excluding hydrogens is 360 g/mol. The van der Waals surface area contributed by atoms with Crippen molar-refractivity contribution in [3.05, 3.63) is 65.0 Å². The Balaban J connectivity index is 1.64. The van der Waals surface area contributed by atoms with Crippen LogP contribution in [-0.4, -0.2) is 24.6 Å². The largest absolute Gasteiger partial charge is 0.494 e. The van der Waals surface area contributed by atoms with E-state index in [-0.39, 0.29) is 5.91 Å². The van der Waals surface area contributed by atoms with E-state index in [9.17, 15) is 4.79 Å². The molecule has 0 unspecified atom stereocenters. The van der Waals surface area contributed by atoms with Gasteiger partial charge in [-0.25, -0.2) is 4.98 Å². The molecule has 0 aliphatic heterocycles. The van der Waals surface area contributed by atoms with E-state index in [2.05, 4.69) is 17.2 Å². The quantitative estimate of drug-likeness (QED) is 0.596. The molecule has 1 aromatic heterocycles. The number of methoxy groups -OCH3 is 1. The number of benzene rings is 2. The highest BCUT2D eigenvalue weighted by Gasteiger charge is 2.10. The molecule has 1 N–H and O–H groups in total. The molecule has 0 bridgehead atoms. The summed E-state index contributed by atoms with van der Waals surface area (Å²) in [4.78, 5) is 16.9. The summed E-state index contributed by atoms with van der Waals surface area (Å²) in [6.45, 7) is 3.31. The van der Waals surface area contributed by atoms with Crippen LogP contribution in [-0.2, 0) is 11.3 Å². The molecular formula is C21H22N2O3S. The molecule has 0 atom stereocenters. The second-order valence-corrected chi connectivity index (χ2v) is 6.85. The van der Waals surface area contributed by atoms with Gasteiger partial charge in [-0.05, 0) is 48.4 Å². The lowest BCUT2D eigenvalue weighted by Crippen LogP contribution is -2.11. The third kappa shape index (κ3) is 5.15. The number of aromatic nitrogens is 1. The van der Waals surface area contributed by atoms with Crippen LogP contribution in [0.25, 0.3) is 11.3 Å². The summed E-state index contributed by atoms with van der Waals surface area (Å²) < 4.78 is 10.7. The number of nitrogens with one attached hydrogen (secondary N) is 1. The van der Waals surface area contributed by atoms with Gasteiger partial charge in [0.05, 0.1) is 18.9 Å². The zero-order valence-corrected chi connectivity index (χ0v) is 16.2. The van der Waals surface area contributed by atoms with Crippen molar-refractivity contribution >= 4 is 22.4 Å². The molecule has 2 aromatic carbocycles. The first-order chi connectivity index (χ1) is 13.2. The minimum atomic E-state index is -0.178. The molecule has 1 heterocycles. The van der Waals surface area contributed by atoms with E-state index in [1.54, 1.807) is 19.2 Å². The predicted octanol–water partition coefficient (Wildman–Crippen LogP) is 5.00. The molecule has 0 saturated carbocycles. The van der Waals surface area contributed by atoms with Gasteiger partial charge in [-0.2, -0.15) is 0 Å². The smallest absolute Gasteiger partial charge is 0.257 e. The van der Waals surface area contributed by atoms with Gasteiger partial charge < -0.3 is 9.47 Å². The van der Waals surface area contributed by atoms with Crippen LogP contribution in [0.1, 0.15) is 29.3 Å². The van der Waals surface area contributed by atoms with Crippen molar-refractivity contribution in [2.24, 2.45) is 0 Å². The standard InChI is InChI=1S/C21H22N2O3S/c1-3-12-26-18-10-8-16(9-11-18)19-14-27-21(22-19)23-20(24)17-6-4-15(5-7-17)13-25-2/h4-11,14H,3,12-13H2,1-2H3,(H,22,23,24). The summed E-state index contributed by atoms with van der Waals surface area (Å²) in [7, 11) is 1.65. The Labute approximate surface area is 163 Å². The Morgan fingerprint density at radius 1 is 1.11 bits per heavy atom. The second kappa shape index (κ2) is 9.30. The number of carbonyl (C=O) groups excluding carboxylic acids is 1. The maximum atomic E-state index is 12.4. The van der Waals surface area contributed by atoms with Crippen LogP contribution in [0.5, 0.6) is 5.75 Å². The summed E-state index contributed by atoms with van der Waals surface area (Å²) >= 11 is 1.40. The number of rotatable bonds is 8. The minimum absolute atomic E-state index is 0.178. The van der Waals surface area contributed by atoms with E-state index in [0.717, 1.165) is 29.0 Å². The van der Waals surface area contributed by atoms with Crippen molar-refractivity contribution in [2.45, 2.75) is 20.0 Å². The molecule has 0 aliphatic carbocycles. The molecule has 6 heteroatoms. The maximum Gasteiger partial charge on any atom is 0.257 e. The van der Waals surface area contributed by atoms with E-state index in [1.807, 2.05) is 41.8 Å². The normalized spacial score (nSPS) is 10.6. The highest BCUT2D eigenvalue weighted by molar-refractivity contribution is 7.14. The van der Waals surface area contributed by atoms with Crippen LogP contribution in [0.15, 0.2) is 53.9 Å². The van der Waals surface area contributed by atoms with Crippen LogP contribution in [0.3, 0.4) is 0 Å². The molecule has 0 saturated heterocycles. The van der Waals surface area contributed by atoms with E-state index < -0.39 is 0 Å². The van der Waals surface area contributed by atoms with Gasteiger partial charge in [0.1, 0.15) is 5.75 Å². The van der Waals surface area contributed by atoms with Gasteiger partial charge in [0.25, 0.3) is 5.91 Å². The van der Waals surface area contributed by atoms with Crippen molar-refractivity contribution in [3.63, 3.8) is 0 Å². The third-order valence-corrected chi connectivity index (χ3v) is 4.63. The zero-order valence-electron chi connectivity index (χ0n) is 15.4. The van der Waals surface area contributed by atoms with Gasteiger partial charge >= 0.3 is 0 Å². The van der Waals surface area contributed by atoms with Crippen molar-refractivity contribution in [3.8, 4) is 17.0 Å². The molecule has 5 nitrogen and oxygen atoms in total. The summed E-state index contributed by atoms with van der Waals surface area (Å²) in [5.41, 5.74) is 3.42. The van der Waals surface area contributed by atoms with E-state index in [4.69, 9.17) is 9.47 Å². The minimum Gasteiger partial charge on any atom is -0.494 e. The fourth-order valence-electron chi connectivity index (χ4n) is 2.49. The summed E-state index contributed by atoms with van der Waals surface area (Å²) in [5.74, 6) is 0.671. The summed E-state index contributed by atoms with van der Waals surface area (Å²) in [6.07, 6.45) is 0.978. The van der Waals surface area contributed by atoms with E-state index in [1.165, 1.54) is 11.3 Å². The maximum absolute atomic E-state index is 12.4. The highest BCUT2D eigenvalue weighted by Crippen LogP contribution is 2.27. The average Bonchev–Trinajstić information content (AvgIpc) is 3.16. The van der Waals surface area contributed by atoms with E-state index in [0.29, 0.717) is 23.9 Å². The number of thiazole rings is 1. The molecule has 27 heavy (non-hydrogen) atoms. The van der Waals surface area contributed by atoms with Gasteiger partial charge in [0.2, 0.25) is 0 Å². The van der Waals surface area contributed by atoms with Crippen molar-refractivity contribution in [1.29, 1.82) is 0 Å². The van der Waals surface area contributed by atoms with Crippen LogP contribution in [0.2, 0.25) is 0 Å². The molecule has 3 aromatic rings. The molecule has 1 amide bonds. The number of hydrogen-bond acceptors (Lipinski definition) is 5. The van der Waals surface area contributed by atoms with E-state index >= 15 is 0 Å². The first-order valence-corrected chi connectivity index (χ1v) is 9.65. The highest BCUT2D eigenvalue weighted by atomic mass is 32.1. The van der Waals surface area contributed by atoms with Crippen molar-refractivity contribution in [2.75, 3.05) is 19.0 Å². The molecule has 0 fully saturated rings. The van der Waals surface area contributed by atoms with Gasteiger partial charge in [0.15, 0.2) is 5.13 Å². The Bertz CT molecular complexity index is 873. The first kappa shape index (κ1) is 19.1. The van der Waals surface area contributed by atoms with Crippen molar-refractivity contribution < 1.29 is 14.3 Å². The molecule has 3 rings (SSSR count). The molecule has 0 radical (unpaired) electrons. The Hall–Kier alpha value is -2.70. The number of nitrogens with zero attached hydrogens (tertiary/aromatic N) is 1. The third-order valence-electron chi connectivity index (χ3n) is 3.87. The molecule has 140 valence electrons. The molecule has 0 aliphatic rings. The SMILES string of the molecule is CCCOc1ccc(-c2csc(NC(=O)c3ccc(COC)cc3)n2)cc1. The lowest BCUT2D eigenvalue weighted by molar-refractivity contribution is 0.102. The predicted molar refractivity (Wildman–Crippen MR) is 108 cm³/mol. The fraction of sp³-hybridized carbons (Fsp3) is 0.238. The Morgan fingerprint density at radius 3 is 2.52 bits per heavy atom. The second-order valence-electron chi connectivity index (χ2n) is 5.99. The number of amides is 1. The number of hydrogen-bond donors (Lipinski definition) is 1. The monoisotopic (exact) mass is 382 g/mol. The van der Waals surface area contributed by atoms with Crippen LogP contribution in [0, 0.1) is 0 Å². The van der Waals surface area contributed by atoms with Crippen LogP contribution >= 0.6 is 11.3 Å². The fourth-order valence-corrected chi connectivity index (χ4v) is 3.21. The lowest BCUT2D eigenvalue weighted by Gasteiger charge is -2.05. The van der Waals surface area contributed by atoms with Crippen LogP contribution in [0.4, 0.5) is 5.13 Å². The number of anilines is 1. The number of carbonyl (C=O) groups is 1. The first-order valence-electron chi connectivity index (χ1n) is 8.77. The van der Waals surface area contributed by atoms with Gasteiger partial charge in [-0.3, -0.25) is 10.1 Å². The van der Waals surface area contributed by atoms with Gasteiger partial charge in [-0.15, -0.1) is 11.3 Å². The number of ether oxygens (including phenoxy) is 2. The Kier molecular flexibility index (Phi) is 6.57. The van der Waals surface area contributed by atoms with Crippen molar-refractivity contribution in [1.82, 2.24) is 4.98 Å². The topological polar surface area (TPSA) is 60.5 Å². The van der Waals surface area contributed by atoms with Crippen LogP contribution < -0.4 is 10.1 Å². The summed E-state index contributed by atoms with van der Waals surface area (Å²) in [5, 5.41) is 5.35. The summed E-state index contributed by atoms with van der Waals surface area (Å²) in [6, 6.07) is 15.1. The van der Waals surface area contributed by atoms with Gasteiger partial charge in [0, 0.05) is 23.6 Å². The zero-order chi connectivity index (χ0) is 19.1. The Morgan fingerprint density at radius 2 is 1.85 bits per heavy atom. The lowest BCUT2D eigenvalue weighted by atomic mass is 10.1.